The van der Waals surface area contributed by atoms with Crippen molar-refractivity contribution in [2.45, 2.75) is 12.8 Å². The molecule has 0 atom stereocenters. The topological polar surface area (TPSA) is 54.0 Å². The number of para-hydroxylation sites is 2. The molecule has 0 bridgehead atoms. The first-order valence-electron chi connectivity index (χ1n) is 7.22. The second kappa shape index (κ2) is 8.08. The summed E-state index contributed by atoms with van der Waals surface area (Å²) in [5.41, 5.74) is 0.943. The van der Waals surface area contributed by atoms with E-state index in [0.717, 1.165) is 5.56 Å². The lowest BCUT2D eigenvalue weighted by molar-refractivity contribution is -0.134. The summed E-state index contributed by atoms with van der Waals surface area (Å²) < 4.78 is 20.9. The van der Waals surface area contributed by atoms with Crippen molar-refractivity contribution >= 4 is 5.97 Å². The fraction of sp³-hybridized carbons (Fsp3) is 0.278. The molecule has 0 radical (unpaired) electrons. The van der Waals surface area contributed by atoms with E-state index in [-0.39, 0.29) is 12.4 Å². The number of ether oxygens (including phenoxy) is 4. The van der Waals surface area contributed by atoms with Crippen molar-refractivity contribution in [3.05, 3.63) is 48.0 Å². The third-order valence-electron chi connectivity index (χ3n) is 3.32. The summed E-state index contributed by atoms with van der Waals surface area (Å²) in [6.07, 6.45) is 0.774. The lowest BCUT2D eigenvalue weighted by Crippen LogP contribution is -2.09. The van der Waals surface area contributed by atoms with Crippen molar-refractivity contribution in [1.82, 2.24) is 0 Å². The Kier molecular flexibility index (Phi) is 5.86. The highest BCUT2D eigenvalue weighted by molar-refractivity contribution is 5.73. The van der Waals surface area contributed by atoms with E-state index in [9.17, 15) is 4.79 Å². The molecule has 2 aromatic carbocycles. The number of rotatable bonds is 7. The molecule has 0 aliphatic heterocycles. The molecule has 0 aliphatic rings. The highest BCUT2D eigenvalue weighted by Crippen LogP contribution is 2.27. The van der Waals surface area contributed by atoms with Gasteiger partial charge in [-0.1, -0.05) is 12.1 Å². The van der Waals surface area contributed by atoms with Gasteiger partial charge in [0, 0.05) is 12.5 Å². The molecule has 0 aliphatic carbocycles. The maximum atomic E-state index is 12.0. The smallest absolute Gasteiger partial charge is 0.311 e. The van der Waals surface area contributed by atoms with Crippen LogP contribution in [-0.4, -0.2) is 27.3 Å². The molecule has 0 N–H and O–H groups in total. The first-order chi connectivity index (χ1) is 11.2. The number of esters is 1. The van der Waals surface area contributed by atoms with Crippen LogP contribution in [0.25, 0.3) is 0 Å². The average molecular weight is 316 g/mol. The second-order valence-corrected chi connectivity index (χ2v) is 4.85. The first-order valence-corrected chi connectivity index (χ1v) is 7.22. The Morgan fingerprint density at radius 3 is 2.04 bits per heavy atom. The van der Waals surface area contributed by atoms with E-state index in [0.29, 0.717) is 29.4 Å². The Bertz CT molecular complexity index is 644. The number of methoxy groups -OCH3 is 3. The van der Waals surface area contributed by atoms with Crippen LogP contribution in [0.2, 0.25) is 0 Å². The largest absolute Gasteiger partial charge is 0.497 e. The van der Waals surface area contributed by atoms with Crippen LogP contribution in [0.4, 0.5) is 0 Å². The first kappa shape index (κ1) is 16.7. The Morgan fingerprint density at radius 2 is 1.48 bits per heavy atom. The molecular weight excluding hydrogens is 296 g/mol. The van der Waals surface area contributed by atoms with Gasteiger partial charge in [0.2, 0.25) is 0 Å². The highest BCUT2D eigenvalue weighted by atomic mass is 16.6. The van der Waals surface area contributed by atoms with Gasteiger partial charge >= 0.3 is 5.97 Å². The van der Waals surface area contributed by atoms with Crippen LogP contribution < -0.4 is 18.9 Å². The molecule has 5 heteroatoms. The Hall–Kier alpha value is -2.69. The number of carbonyl (C=O) groups is 1. The van der Waals surface area contributed by atoms with Crippen molar-refractivity contribution in [3.63, 3.8) is 0 Å². The van der Waals surface area contributed by atoms with Crippen molar-refractivity contribution < 1.29 is 23.7 Å². The standard InChI is InChI=1S/C18H20O5/c1-20-14-10-13(11-15(12-14)21-2)8-9-18(19)23-17-7-5-4-6-16(17)22-3/h4-7,10-12H,8-9H2,1-3H3. The number of aryl methyl sites for hydroxylation is 1. The molecule has 0 amide bonds. The van der Waals surface area contributed by atoms with E-state index >= 15 is 0 Å². The van der Waals surface area contributed by atoms with E-state index < -0.39 is 0 Å². The van der Waals surface area contributed by atoms with Crippen molar-refractivity contribution in [1.29, 1.82) is 0 Å². The van der Waals surface area contributed by atoms with Gasteiger partial charge in [0.05, 0.1) is 21.3 Å². The van der Waals surface area contributed by atoms with Gasteiger partial charge < -0.3 is 18.9 Å². The SMILES string of the molecule is COc1cc(CCC(=O)Oc2ccccc2OC)cc(OC)c1. The Balaban J connectivity index is 1.99. The minimum Gasteiger partial charge on any atom is -0.497 e. The van der Waals surface area contributed by atoms with Crippen LogP contribution in [-0.2, 0) is 11.2 Å². The van der Waals surface area contributed by atoms with E-state index in [4.69, 9.17) is 18.9 Å². The summed E-state index contributed by atoms with van der Waals surface area (Å²) in [6, 6.07) is 12.6. The van der Waals surface area contributed by atoms with Crippen LogP contribution in [0, 0.1) is 0 Å². The summed E-state index contributed by atoms with van der Waals surface area (Å²) >= 11 is 0. The van der Waals surface area contributed by atoms with Gasteiger partial charge in [-0.05, 0) is 36.2 Å². The minimum atomic E-state index is -0.323. The van der Waals surface area contributed by atoms with Crippen LogP contribution in [0.3, 0.4) is 0 Å². The summed E-state index contributed by atoms with van der Waals surface area (Å²) in [4.78, 5) is 12.0. The molecule has 5 nitrogen and oxygen atoms in total. The zero-order chi connectivity index (χ0) is 16.7. The average Bonchev–Trinajstić information content (AvgIpc) is 2.60. The summed E-state index contributed by atoms with van der Waals surface area (Å²) in [7, 11) is 4.72. The van der Waals surface area contributed by atoms with E-state index in [1.807, 2.05) is 18.2 Å². The zero-order valence-corrected chi connectivity index (χ0v) is 13.5. The van der Waals surface area contributed by atoms with Crippen molar-refractivity contribution in [2.75, 3.05) is 21.3 Å². The Labute approximate surface area is 135 Å². The lowest BCUT2D eigenvalue weighted by atomic mass is 10.1. The van der Waals surface area contributed by atoms with Gasteiger partial charge in [-0.15, -0.1) is 0 Å². The maximum Gasteiger partial charge on any atom is 0.311 e. The molecule has 122 valence electrons. The van der Waals surface area contributed by atoms with Crippen LogP contribution in [0.15, 0.2) is 42.5 Å². The van der Waals surface area contributed by atoms with Gasteiger partial charge in [-0.25, -0.2) is 0 Å². The molecule has 23 heavy (non-hydrogen) atoms. The summed E-state index contributed by atoms with van der Waals surface area (Å²) in [6.45, 7) is 0. The van der Waals surface area contributed by atoms with Crippen molar-refractivity contribution in [3.8, 4) is 23.0 Å². The van der Waals surface area contributed by atoms with Gasteiger partial charge in [0.1, 0.15) is 11.5 Å². The highest BCUT2D eigenvalue weighted by Gasteiger charge is 2.10. The molecule has 0 saturated carbocycles. The van der Waals surface area contributed by atoms with E-state index in [1.54, 1.807) is 38.5 Å². The van der Waals surface area contributed by atoms with Crippen molar-refractivity contribution in [2.24, 2.45) is 0 Å². The maximum absolute atomic E-state index is 12.0. The Morgan fingerprint density at radius 1 is 0.870 bits per heavy atom. The predicted octanol–water partition coefficient (Wildman–Crippen LogP) is 3.25. The summed E-state index contributed by atoms with van der Waals surface area (Å²) in [5, 5.41) is 0. The fourth-order valence-electron chi connectivity index (χ4n) is 2.13. The number of carbonyl (C=O) groups excluding carboxylic acids is 1. The van der Waals surface area contributed by atoms with Crippen LogP contribution in [0.5, 0.6) is 23.0 Å². The quantitative estimate of drug-likeness (QED) is 0.580. The molecule has 0 unspecified atom stereocenters. The number of hydrogen-bond acceptors (Lipinski definition) is 5. The monoisotopic (exact) mass is 316 g/mol. The predicted molar refractivity (Wildman–Crippen MR) is 86.5 cm³/mol. The minimum absolute atomic E-state index is 0.244. The normalized spacial score (nSPS) is 10.0. The van der Waals surface area contributed by atoms with Crippen LogP contribution in [0.1, 0.15) is 12.0 Å². The van der Waals surface area contributed by atoms with E-state index in [2.05, 4.69) is 0 Å². The van der Waals surface area contributed by atoms with Crippen LogP contribution >= 0.6 is 0 Å². The van der Waals surface area contributed by atoms with Gasteiger partial charge in [0.25, 0.3) is 0 Å². The lowest BCUT2D eigenvalue weighted by Gasteiger charge is -2.10. The van der Waals surface area contributed by atoms with Gasteiger partial charge in [0.15, 0.2) is 11.5 Å². The molecule has 2 aromatic rings. The third-order valence-corrected chi connectivity index (χ3v) is 3.32. The summed E-state index contributed by atoms with van der Waals surface area (Å²) in [5.74, 6) is 2.01. The zero-order valence-electron chi connectivity index (χ0n) is 13.5. The molecule has 0 fully saturated rings. The third kappa shape index (κ3) is 4.64. The molecule has 0 heterocycles. The second-order valence-electron chi connectivity index (χ2n) is 4.85. The molecular formula is C18H20O5. The number of hydrogen-bond donors (Lipinski definition) is 0. The molecule has 0 spiro atoms. The molecule has 2 rings (SSSR count). The van der Waals surface area contributed by atoms with E-state index in [1.165, 1.54) is 7.11 Å². The van der Waals surface area contributed by atoms with Gasteiger partial charge in [-0.3, -0.25) is 4.79 Å². The molecule has 0 aromatic heterocycles. The fourth-order valence-corrected chi connectivity index (χ4v) is 2.13. The van der Waals surface area contributed by atoms with Gasteiger partial charge in [-0.2, -0.15) is 0 Å². The number of benzene rings is 2. The molecule has 0 saturated heterocycles.